The summed E-state index contributed by atoms with van der Waals surface area (Å²) in [6, 6.07) is 15.3. The van der Waals surface area contributed by atoms with Crippen LogP contribution in [0.25, 0.3) is 16.7 Å². The Balaban J connectivity index is 1.72. The van der Waals surface area contributed by atoms with Gasteiger partial charge in [0, 0.05) is 5.92 Å². The average molecular weight is 363 g/mol. The molecule has 3 rings (SSSR count). The monoisotopic (exact) mass is 363 g/mol. The lowest BCUT2D eigenvalue weighted by Gasteiger charge is -2.19. The Bertz CT molecular complexity index is 871. The van der Waals surface area contributed by atoms with Crippen molar-refractivity contribution >= 4 is 18.1 Å². The number of carbonyl (C=O) groups excluding carboxylic acids is 2. The largest absolute Gasteiger partial charge is 0.449 e. The topological polar surface area (TPSA) is 91.8 Å². The van der Waals surface area contributed by atoms with Crippen LogP contribution < -0.4 is 5.32 Å². The van der Waals surface area contributed by atoms with Crippen molar-refractivity contribution in [1.29, 1.82) is 0 Å². The summed E-state index contributed by atoms with van der Waals surface area (Å²) in [6.45, 7) is 3.75. The first-order valence-electron chi connectivity index (χ1n) is 8.85. The fraction of sp³-hybridized carbons (Fsp3) is 0.286. The van der Waals surface area contributed by atoms with E-state index in [9.17, 15) is 9.59 Å². The van der Waals surface area contributed by atoms with E-state index in [0.29, 0.717) is 0 Å². The first-order valence-corrected chi connectivity index (χ1v) is 8.85. The molecule has 2 aromatic carbocycles. The maximum atomic E-state index is 12.3. The Morgan fingerprint density at radius 2 is 1.67 bits per heavy atom. The number of amides is 1. The maximum Gasteiger partial charge on any atom is 0.407 e. The van der Waals surface area contributed by atoms with Gasteiger partial charge in [-0.3, -0.25) is 4.79 Å². The van der Waals surface area contributed by atoms with E-state index in [-0.39, 0.29) is 18.4 Å². The van der Waals surface area contributed by atoms with Gasteiger partial charge in [-0.15, -0.1) is 0 Å². The Hall–Kier alpha value is -3.24. The zero-order chi connectivity index (χ0) is 19.4. The Morgan fingerprint density at radius 1 is 1.11 bits per heavy atom. The third-order valence-corrected chi connectivity index (χ3v) is 4.78. The molecule has 1 aliphatic carbocycles. The van der Waals surface area contributed by atoms with Gasteiger partial charge in [-0.2, -0.15) is 4.79 Å². The molecule has 0 fully saturated rings. The summed E-state index contributed by atoms with van der Waals surface area (Å²) in [5, 5.41) is 2.56. The molecule has 0 radical (unpaired) electrons. The number of hydrogen-bond donors (Lipinski definition) is 1. The highest BCUT2D eigenvalue weighted by molar-refractivity contribution is 6.28. The number of ketones is 1. The number of benzene rings is 2. The van der Waals surface area contributed by atoms with Gasteiger partial charge in [-0.25, -0.2) is 4.79 Å². The van der Waals surface area contributed by atoms with E-state index in [0.717, 1.165) is 28.5 Å². The second-order valence-corrected chi connectivity index (χ2v) is 6.84. The Kier molecular flexibility index (Phi) is 5.48. The summed E-state index contributed by atoms with van der Waals surface area (Å²) in [5.74, 6) is -0.702. The van der Waals surface area contributed by atoms with Gasteiger partial charge in [-0.05, 0) is 28.2 Å². The first kappa shape index (κ1) is 18.5. The van der Waals surface area contributed by atoms with Crippen molar-refractivity contribution < 1.29 is 19.1 Å². The standard InChI is InChI=1S/C21H21N3O3/c1-13(2)20(19(25)11-23-22)24-21(26)27-12-18-16-9-5-3-7-14(16)15-8-4-6-10-17(15)18/h3-11,13,18,20H,12H2,1-2H3,(H,24,26)/t20-/m1/s1. The van der Waals surface area contributed by atoms with Gasteiger partial charge < -0.3 is 15.6 Å². The van der Waals surface area contributed by atoms with E-state index in [1.807, 2.05) is 36.4 Å². The number of fused-ring (bicyclic) bond motifs is 3. The zero-order valence-corrected chi connectivity index (χ0v) is 15.3. The van der Waals surface area contributed by atoms with Crippen LogP contribution >= 0.6 is 0 Å². The van der Waals surface area contributed by atoms with E-state index in [1.165, 1.54) is 0 Å². The van der Waals surface area contributed by atoms with Gasteiger partial charge in [-0.1, -0.05) is 62.4 Å². The molecule has 1 amide bonds. The van der Waals surface area contributed by atoms with E-state index >= 15 is 0 Å². The lowest BCUT2D eigenvalue weighted by molar-refractivity contribution is -0.118. The third kappa shape index (κ3) is 3.81. The third-order valence-electron chi connectivity index (χ3n) is 4.78. The highest BCUT2D eigenvalue weighted by Crippen LogP contribution is 2.44. The molecule has 0 heterocycles. The van der Waals surface area contributed by atoms with Crippen molar-refractivity contribution in [3.8, 4) is 11.1 Å². The van der Waals surface area contributed by atoms with Crippen LogP contribution in [0, 0.1) is 5.92 Å². The van der Waals surface area contributed by atoms with E-state index in [4.69, 9.17) is 10.3 Å². The summed E-state index contributed by atoms with van der Waals surface area (Å²) in [4.78, 5) is 26.9. The smallest absolute Gasteiger partial charge is 0.407 e. The summed E-state index contributed by atoms with van der Waals surface area (Å²) >= 11 is 0. The lowest BCUT2D eigenvalue weighted by Crippen LogP contribution is -2.45. The van der Waals surface area contributed by atoms with Crippen LogP contribution in [0.3, 0.4) is 0 Å². The number of hydrogen-bond acceptors (Lipinski definition) is 3. The zero-order valence-electron chi connectivity index (χ0n) is 15.3. The van der Waals surface area contributed by atoms with E-state index < -0.39 is 17.9 Å². The number of nitrogens with one attached hydrogen (secondary N) is 1. The van der Waals surface area contributed by atoms with Gasteiger partial charge in [0.2, 0.25) is 0 Å². The van der Waals surface area contributed by atoms with Gasteiger partial charge in [0.15, 0.2) is 0 Å². The molecule has 1 N–H and O–H groups in total. The molecule has 27 heavy (non-hydrogen) atoms. The number of rotatable bonds is 6. The minimum Gasteiger partial charge on any atom is -0.449 e. The van der Waals surface area contributed by atoms with E-state index in [2.05, 4.69) is 22.2 Å². The number of ether oxygens (including phenoxy) is 1. The van der Waals surface area contributed by atoms with Gasteiger partial charge >= 0.3 is 12.3 Å². The quantitative estimate of drug-likeness (QED) is 0.484. The molecule has 0 saturated carbocycles. The van der Waals surface area contributed by atoms with Crippen LogP contribution in [0.4, 0.5) is 4.79 Å². The maximum absolute atomic E-state index is 12.3. The summed E-state index contributed by atoms with van der Waals surface area (Å²) < 4.78 is 5.44. The van der Waals surface area contributed by atoms with Crippen LogP contribution in [0.15, 0.2) is 48.5 Å². The number of carbonyl (C=O) groups is 2. The van der Waals surface area contributed by atoms with E-state index in [1.54, 1.807) is 13.8 Å². The molecule has 138 valence electrons. The second kappa shape index (κ2) is 7.98. The molecule has 0 bridgehead atoms. The summed E-state index contributed by atoms with van der Waals surface area (Å²) in [7, 11) is 0. The van der Waals surface area contributed by atoms with Crippen molar-refractivity contribution in [3.63, 3.8) is 0 Å². The molecule has 0 saturated heterocycles. The highest BCUT2D eigenvalue weighted by atomic mass is 16.5. The fourth-order valence-electron chi connectivity index (χ4n) is 3.47. The van der Waals surface area contributed by atoms with Gasteiger partial charge in [0.25, 0.3) is 5.78 Å². The van der Waals surface area contributed by atoms with Crippen molar-refractivity contribution in [1.82, 2.24) is 5.32 Å². The molecular formula is C21H21N3O3. The van der Waals surface area contributed by atoms with Crippen molar-refractivity contribution in [2.75, 3.05) is 6.61 Å². The van der Waals surface area contributed by atoms with Crippen LogP contribution in [0.5, 0.6) is 0 Å². The number of nitrogens with zero attached hydrogens (tertiary/aromatic N) is 2. The van der Waals surface area contributed by atoms with Crippen molar-refractivity contribution in [2.24, 2.45) is 5.92 Å². The molecule has 0 unspecified atom stereocenters. The fourth-order valence-corrected chi connectivity index (χ4v) is 3.47. The second-order valence-electron chi connectivity index (χ2n) is 6.84. The first-order chi connectivity index (χ1) is 13.0. The summed E-state index contributed by atoms with van der Waals surface area (Å²) in [6.07, 6.45) is 0.115. The molecule has 0 aliphatic heterocycles. The van der Waals surface area contributed by atoms with Crippen LogP contribution in [0.1, 0.15) is 30.9 Å². The van der Waals surface area contributed by atoms with Gasteiger partial charge in [0.1, 0.15) is 12.6 Å². The molecule has 0 spiro atoms. The molecule has 1 aliphatic rings. The molecule has 0 aromatic heterocycles. The minimum atomic E-state index is -0.809. The highest BCUT2D eigenvalue weighted by Gasteiger charge is 2.30. The van der Waals surface area contributed by atoms with Crippen LogP contribution in [0.2, 0.25) is 0 Å². The summed E-state index contributed by atoms with van der Waals surface area (Å²) in [5.41, 5.74) is 13.1. The van der Waals surface area contributed by atoms with Crippen LogP contribution in [-0.2, 0) is 9.53 Å². The Labute approximate surface area is 157 Å². The molecule has 2 aromatic rings. The molecular weight excluding hydrogens is 342 g/mol. The minimum absolute atomic E-state index is 0.0460. The molecule has 6 nitrogen and oxygen atoms in total. The predicted molar refractivity (Wildman–Crippen MR) is 102 cm³/mol. The van der Waals surface area contributed by atoms with Crippen LogP contribution in [-0.4, -0.2) is 35.5 Å². The number of Topliss-reactive ketones (excluding diaryl/α,β-unsaturated/α-hetero) is 1. The molecule has 6 heteroatoms. The van der Waals surface area contributed by atoms with Gasteiger partial charge in [0.05, 0.1) is 0 Å². The van der Waals surface area contributed by atoms with Crippen molar-refractivity contribution in [3.05, 3.63) is 65.2 Å². The van der Waals surface area contributed by atoms with Crippen molar-refractivity contribution in [2.45, 2.75) is 25.8 Å². The SMILES string of the molecule is CC(C)[C@@H](NC(=O)OCC1c2ccccc2-c2ccccc21)C(=O)C=[N+]=[N-]. The average Bonchev–Trinajstić information content (AvgIpc) is 2.98. The number of alkyl carbamates (subject to hydrolysis) is 1. The normalized spacial score (nSPS) is 13.3. The predicted octanol–water partition coefficient (Wildman–Crippen LogP) is 3.42. The Morgan fingerprint density at radius 3 is 2.19 bits per heavy atom. The molecule has 1 atom stereocenters. The lowest BCUT2D eigenvalue weighted by atomic mass is 9.98.